The molecule has 2 aromatic heterocycles. The highest BCUT2D eigenvalue weighted by atomic mass is 16.3. The van der Waals surface area contributed by atoms with Crippen molar-refractivity contribution >= 4 is 5.91 Å². The van der Waals surface area contributed by atoms with E-state index in [1.54, 1.807) is 35.4 Å². The Hall–Kier alpha value is -2.28. The van der Waals surface area contributed by atoms with Gasteiger partial charge in [0.15, 0.2) is 0 Å². The van der Waals surface area contributed by atoms with Gasteiger partial charge in [-0.15, -0.1) is 0 Å². The smallest absolute Gasteiger partial charge is 0.220 e. The van der Waals surface area contributed by atoms with Gasteiger partial charge in [0, 0.05) is 30.7 Å². The van der Waals surface area contributed by atoms with Crippen molar-refractivity contribution in [3.05, 3.63) is 42.7 Å². The van der Waals surface area contributed by atoms with Gasteiger partial charge in [0.2, 0.25) is 5.91 Å². The van der Waals surface area contributed by atoms with Crippen LogP contribution in [0.2, 0.25) is 0 Å². The van der Waals surface area contributed by atoms with Crippen molar-refractivity contribution in [2.24, 2.45) is 0 Å². The minimum absolute atomic E-state index is 0.0392. The van der Waals surface area contributed by atoms with E-state index in [1.807, 2.05) is 0 Å². The third-order valence-electron chi connectivity index (χ3n) is 3.73. The Morgan fingerprint density at radius 2 is 2.38 bits per heavy atom. The Balaban J connectivity index is 1.51. The van der Waals surface area contributed by atoms with Gasteiger partial charge >= 0.3 is 0 Å². The summed E-state index contributed by atoms with van der Waals surface area (Å²) >= 11 is 0. The fourth-order valence-corrected chi connectivity index (χ4v) is 2.56. The van der Waals surface area contributed by atoms with Gasteiger partial charge < -0.3 is 10.4 Å². The Bertz CT molecular complexity index is 587. The molecular weight excluding hydrogens is 270 g/mol. The van der Waals surface area contributed by atoms with Crippen LogP contribution in [0.3, 0.4) is 0 Å². The molecule has 0 spiro atoms. The van der Waals surface area contributed by atoms with Crippen LogP contribution in [0.15, 0.2) is 37.1 Å². The Morgan fingerprint density at radius 3 is 3.05 bits per heavy atom. The SMILES string of the molecule is O=C(CCc1ccncn1)N[C@H]1C[C@@H](O)[C@@H]1n1cccn1. The van der Waals surface area contributed by atoms with Crippen LogP contribution < -0.4 is 5.32 Å². The minimum atomic E-state index is -0.461. The van der Waals surface area contributed by atoms with Crippen molar-refractivity contribution in [1.82, 2.24) is 25.1 Å². The van der Waals surface area contributed by atoms with Crippen molar-refractivity contribution in [1.29, 1.82) is 0 Å². The second-order valence-corrected chi connectivity index (χ2v) is 5.15. The molecule has 0 bridgehead atoms. The quantitative estimate of drug-likeness (QED) is 0.813. The molecular formula is C14H17N5O2. The highest BCUT2D eigenvalue weighted by molar-refractivity contribution is 5.76. The van der Waals surface area contributed by atoms with Crippen molar-refractivity contribution in [3.8, 4) is 0 Å². The lowest BCUT2D eigenvalue weighted by atomic mass is 9.83. The van der Waals surface area contributed by atoms with Crippen LogP contribution in [0.5, 0.6) is 0 Å². The van der Waals surface area contributed by atoms with E-state index in [0.29, 0.717) is 19.3 Å². The summed E-state index contributed by atoms with van der Waals surface area (Å²) in [6.45, 7) is 0. The van der Waals surface area contributed by atoms with Crippen LogP contribution >= 0.6 is 0 Å². The summed E-state index contributed by atoms with van der Waals surface area (Å²) in [5.41, 5.74) is 0.845. The molecule has 7 nitrogen and oxygen atoms in total. The molecule has 0 aromatic carbocycles. The van der Waals surface area contributed by atoms with Gasteiger partial charge in [-0.3, -0.25) is 9.48 Å². The van der Waals surface area contributed by atoms with Crippen LogP contribution in [0.1, 0.15) is 24.6 Å². The van der Waals surface area contributed by atoms with Crippen molar-refractivity contribution in [2.45, 2.75) is 37.5 Å². The fraction of sp³-hybridized carbons (Fsp3) is 0.429. The normalized spacial score (nSPS) is 24.3. The van der Waals surface area contributed by atoms with Gasteiger partial charge in [-0.25, -0.2) is 9.97 Å². The monoisotopic (exact) mass is 287 g/mol. The highest BCUT2D eigenvalue weighted by Crippen LogP contribution is 2.32. The number of aryl methyl sites for hydroxylation is 1. The van der Waals surface area contributed by atoms with E-state index in [0.717, 1.165) is 5.69 Å². The summed E-state index contributed by atoms with van der Waals surface area (Å²) in [6, 6.07) is 3.35. The van der Waals surface area contributed by atoms with Gasteiger partial charge in [0.25, 0.3) is 0 Å². The highest BCUT2D eigenvalue weighted by Gasteiger charge is 2.42. The maximum atomic E-state index is 12.0. The molecule has 1 amide bonds. The largest absolute Gasteiger partial charge is 0.391 e. The molecule has 3 atom stereocenters. The summed E-state index contributed by atoms with van der Waals surface area (Å²) in [4.78, 5) is 19.9. The lowest BCUT2D eigenvalue weighted by Gasteiger charge is -2.41. The molecule has 1 saturated carbocycles. The summed E-state index contributed by atoms with van der Waals surface area (Å²) in [7, 11) is 0. The predicted octanol–water partition coefficient (Wildman–Crippen LogP) is 0.0964. The summed E-state index contributed by atoms with van der Waals surface area (Å²) < 4.78 is 1.70. The molecule has 1 aliphatic carbocycles. The van der Waals surface area contributed by atoms with Gasteiger partial charge in [-0.2, -0.15) is 5.10 Å². The summed E-state index contributed by atoms with van der Waals surface area (Å²) in [6.07, 6.45) is 7.65. The van der Waals surface area contributed by atoms with E-state index in [4.69, 9.17) is 0 Å². The second-order valence-electron chi connectivity index (χ2n) is 5.15. The molecule has 2 N–H and O–H groups in total. The standard InChI is InChI=1S/C14H17N5O2/c20-12-8-11(14(12)19-7-1-5-17-19)18-13(21)3-2-10-4-6-15-9-16-10/h1,4-7,9,11-12,14,20H,2-3,8H2,(H,18,21)/t11-,12+,14+/m0/s1. The number of hydrogen-bond donors (Lipinski definition) is 2. The number of rotatable bonds is 5. The summed E-state index contributed by atoms with van der Waals surface area (Å²) in [5.74, 6) is -0.0392. The van der Waals surface area contributed by atoms with Crippen molar-refractivity contribution in [2.75, 3.05) is 0 Å². The first-order valence-electron chi connectivity index (χ1n) is 6.95. The maximum Gasteiger partial charge on any atom is 0.220 e. The first kappa shape index (κ1) is 13.7. The number of aliphatic hydroxyl groups is 1. The zero-order valence-electron chi connectivity index (χ0n) is 11.5. The van der Waals surface area contributed by atoms with Crippen molar-refractivity contribution in [3.63, 3.8) is 0 Å². The van der Waals surface area contributed by atoms with Crippen LogP contribution in [-0.4, -0.2) is 42.9 Å². The molecule has 0 aliphatic heterocycles. The number of hydrogen-bond acceptors (Lipinski definition) is 5. The zero-order chi connectivity index (χ0) is 14.7. The van der Waals surface area contributed by atoms with Gasteiger partial charge in [-0.1, -0.05) is 0 Å². The van der Waals surface area contributed by atoms with Crippen LogP contribution in [0, 0.1) is 0 Å². The molecule has 0 radical (unpaired) electrons. The van der Waals surface area contributed by atoms with E-state index in [2.05, 4.69) is 20.4 Å². The van der Waals surface area contributed by atoms with Gasteiger partial charge in [-0.05, 0) is 25.0 Å². The number of nitrogens with one attached hydrogen (secondary N) is 1. The topological polar surface area (TPSA) is 92.9 Å². The lowest BCUT2D eigenvalue weighted by Crippen LogP contribution is -2.56. The number of carbonyl (C=O) groups is 1. The molecule has 0 unspecified atom stereocenters. The first-order valence-corrected chi connectivity index (χ1v) is 6.95. The molecule has 2 heterocycles. The second kappa shape index (κ2) is 6.01. The van der Waals surface area contributed by atoms with Crippen LogP contribution in [-0.2, 0) is 11.2 Å². The molecule has 7 heteroatoms. The molecule has 21 heavy (non-hydrogen) atoms. The summed E-state index contributed by atoms with van der Waals surface area (Å²) in [5, 5.41) is 16.9. The van der Waals surface area contributed by atoms with Crippen LogP contribution in [0.4, 0.5) is 0 Å². The zero-order valence-corrected chi connectivity index (χ0v) is 11.5. The number of nitrogens with zero attached hydrogens (tertiary/aromatic N) is 4. The molecule has 2 aromatic rings. The van der Waals surface area contributed by atoms with E-state index < -0.39 is 6.10 Å². The average Bonchev–Trinajstić information content (AvgIpc) is 2.99. The van der Waals surface area contributed by atoms with E-state index >= 15 is 0 Å². The fourth-order valence-electron chi connectivity index (χ4n) is 2.56. The Kier molecular flexibility index (Phi) is 3.92. The number of amides is 1. The van der Waals surface area contributed by atoms with E-state index in [9.17, 15) is 9.90 Å². The maximum absolute atomic E-state index is 12.0. The molecule has 1 aliphatic rings. The van der Waals surface area contributed by atoms with Crippen molar-refractivity contribution < 1.29 is 9.90 Å². The lowest BCUT2D eigenvalue weighted by molar-refractivity contribution is -0.124. The van der Waals surface area contributed by atoms with E-state index in [1.165, 1.54) is 6.33 Å². The van der Waals surface area contributed by atoms with Crippen LogP contribution in [0.25, 0.3) is 0 Å². The minimum Gasteiger partial charge on any atom is -0.391 e. The number of aromatic nitrogens is 4. The average molecular weight is 287 g/mol. The Labute approximate surface area is 122 Å². The Morgan fingerprint density at radius 1 is 1.48 bits per heavy atom. The molecule has 1 fully saturated rings. The first-order chi connectivity index (χ1) is 10.2. The molecule has 110 valence electrons. The third kappa shape index (κ3) is 3.08. The third-order valence-corrected chi connectivity index (χ3v) is 3.73. The van der Waals surface area contributed by atoms with Gasteiger partial charge in [0.1, 0.15) is 6.33 Å². The number of aliphatic hydroxyl groups excluding tert-OH is 1. The predicted molar refractivity (Wildman–Crippen MR) is 74.2 cm³/mol. The number of carbonyl (C=O) groups excluding carboxylic acids is 1. The molecule has 3 rings (SSSR count). The molecule has 0 saturated heterocycles. The van der Waals surface area contributed by atoms with E-state index in [-0.39, 0.29) is 18.0 Å². The van der Waals surface area contributed by atoms with Gasteiger partial charge in [0.05, 0.1) is 18.2 Å².